The molecule has 0 radical (unpaired) electrons. The minimum absolute atomic E-state index is 0.0227. The normalized spacial score (nSPS) is 10.7. The lowest BCUT2D eigenvalue weighted by Gasteiger charge is -2.18. The highest BCUT2D eigenvalue weighted by atomic mass is 32.1. The second-order valence-corrected chi connectivity index (χ2v) is 8.08. The van der Waals surface area contributed by atoms with Crippen LogP contribution in [0.3, 0.4) is 0 Å². The Hall–Kier alpha value is -2.18. The number of thiazole rings is 1. The number of aromatic nitrogens is 1. The van der Waals surface area contributed by atoms with Gasteiger partial charge in [-0.3, -0.25) is 4.79 Å². The van der Waals surface area contributed by atoms with Crippen LogP contribution in [-0.4, -0.2) is 36.9 Å². The van der Waals surface area contributed by atoms with Gasteiger partial charge in [0.2, 0.25) is 0 Å². The van der Waals surface area contributed by atoms with Crippen LogP contribution < -0.4 is 4.90 Å². The molecule has 6 heteroatoms. The van der Waals surface area contributed by atoms with Crippen LogP contribution in [0, 0.1) is 6.92 Å². The maximum absolute atomic E-state index is 12.8. The number of amides is 1. The Morgan fingerprint density at radius 2 is 1.84 bits per heavy atom. The Bertz CT molecular complexity index is 851. The lowest BCUT2D eigenvalue weighted by atomic mass is 10.2. The van der Waals surface area contributed by atoms with Gasteiger partial charge in [0, 0.05) is 33.4 Å². The summed E-state index contributed by atoms with van der Waals surface area (Å²) in [5.41, 5.74) is 3.06. The molecule has 1 aromatic carbocycles. The first-order chi connectivity index (χ1) is 12.0. The molecule has 2 aromatic heterocycles. The predicted octanol–water partition coefficient (Wildman–Crippen LogP) is 4.52. The zero-order valence-corrected chi connectivity index (χ0v) is 16.4. The van der Waals surface area contributed by atoms with E-state index in [9.17, 15) is 4.79 Å². The highest BCUT2D eigenvalue weighted by molar-refractivity contribution is 7.22. The van der Waals surface area contributed by atoms with Crippen molar-refractivity contribution in [2.45, 2.75) is 13.5 Å². The number of thiophene rings is 1. The van der Waals surface area contributed by atoms with E-state index in [4.69, 9.17) is 0 Å². The third-order valence-corrected chi connectivity index (χ3v) is 6.13. The fraction of sp³-hybridized carbons (Fsp3) is 0.263. The molecule has 0 saturated carbocycles. The van der Waals surface area contributed by atoms with E-state index in [1.54, 1.807) is 16.2 Å². The molecular formula is C19H21N3OS2. The van der Waals surface area contributed by atoms with Crippen LogP contribution in [0.15, 0.2) is 41.8 Å². The van der Waals surface area contributed by atoms with Crippen molar-refractivity contribution >= 4 is 34.3 Å². The number of anilines is 1. The van der Waals surface area contributed by atoms with E-state index in [0.717, 1.165) is 31.7 Å². The van der Waals surface area contributed by atoms with E-state index < -0.39 is 0 Å². The number of hydrogen-bond donors (Lipinski definition) is 0. The van der Waals surface area contributed by atoms with Crippen molar-refractivity contribution in [3.63, 3.8) is 0 Å². The third kappa shape index (κ3) is 3.91. The van der Waals surface area contributed by atoms with E-state index in [-0.39, 0.29) is 5.91 Å². The third-order valence-electron chi connectivity index (χ3n) is 3.94. The van der Waals surface area contributed by atoms with Crippen molar-refractivity contribution in [3.8, 4) is 9.88 Å². The zero-order valence-electron chi connectivity index (χ0n) is 14.8. The molecule has 0 bridgehead atoms. The molecule has 0 aliphatic rings. The number of hydrogen-bond acceptors (Lipinski definition) is 5. The maximum Gasteiger partial charge on any atom is 0.265 e. The molecule has 3 rings (SSSR count). The standard InChI is InChI=1S/C19H21N3OS2/c1-13-17(25-18(20-13)16-6-5-11-24-16)19(23)22(4)12-14-7-9-15(10-8-14)21(2)3/h5-11H,12H2,1-4H3. The van der Waals surface area contributed by atoms with Crippen LogP contribution in [0.25, 0.3) is 9.88 Å². The molecule has 0 unspecified atom stereocenters. The number of aryl methyl sites for hydroxylation is 1. The van der Waals surface area contributed by atoms with Crippen LogP contribution in [0.5, 0.6) is 0 Å². The first kappa shape index (κ1) is 17.6. The molecule has 0 saturated heterocycles. The van der Waals surface area contributed by atoms with Gasteiger partial charge < -0.3 is 9.80 Å². The van der Waals surface area contributed by atoms with E-state index in [1.165, 1.54) is 11.3 Å². The summed E-state index contributed by atoms with van der Waals surface area (Å²) in [5, 5.41) is 2.94. The molecule has 4 nitrogen and oxygen atoms in total. The van der Waals surface area contributed by atoms with Gasteiger partial charge in [0.05, 0.1) is 10.6 Å². The van der Waals surface area contributed by atoms with Crippen LogP contribution >= 0.6 is 22.7 Å². The first-order valence-corrected chi connectivity index (χ1v) is 9.68. The van der Waals surface area contributed by atoms with Gasteiger partial charge in [-0.2, -0.15) is 0 Å². The molecule has 25 heavy (non-hydrogen) atoms. The van der Waals surface area contributed by atoms with Gasteiger partial charge >= 0.3 is 0 Å². The summed E-state index contributed by atoms with van der Waals surface area (Å²) in [5.74, 6) is 0.0227. The SMILES string of the molecule is Cc1nc(-c2cccs2)sc1C(=O)N(C)Cc1ccc(N(C)C)cc1. The van der Waals surface area contributed by atoms with Crippen molar-refractivity contribution in [2.75, 3.05) is 26.0 Å². The first-order valence-electron chi connectivity index (χ1n) is 7.98. The molecule has 3 aromatic rings. The number of carbonyl (C=O) groups excluding carboxylic acids is 1. The summed E-state index contributed by atoms with van der Waals surface area (Å²) >= 11 is 3.12. The van der Waals surface area contributed by atoms with Gasteiger partial charge in [-0.1, -0.05) is 18.2 Å². The quantitative estimate of drug-likeness (QED) is 0.662. The minimum atomic E-state index is 0.0227. The van der Waals surface area contributed by atoms with E-state index in [2.05, 4.69) is 34.1 Å². The topological polar surface area (TPSA) is 36.4 Å². The highest BCUT2D eigenvalue weighted by Crippen LogP contribution is 2.31. The van der Waals surface area contributed by atoms with Gasteiger partial charge in [0.1, 0.15) is 9.88 Å². The minimum Gasteiger partial charge on any atom is -0.378 e. The second-order valence-electron chi connectivity index (χ2n) is 6.13. The van der Waals surface area contributed by atoms with Gasteiger partial charge in [0.15, 0.2) is 0 Å². The summed E-state index contributed by atoms with van der Waals surface area (Å²) in [7, 11) is 5.87. The van der Waals surface area contributed by atoms with Gasteiger partial charge in [0.25, 0.3) is 5.91 Å². The Morgan fingerprint density at radius 3 is 2.44 bits per heavy atom. The number of benzene rings is 1. The lowest BCUT2D eigenvalue weighted by Crippen LogP contribution is -2.26. The van der Waals surface area contributed by atoms with Crippen molar-refractivity contribution in [3.05, 3.63) is 57.9 Å². The van der Waals surface area contributed by atoms with Crippen LogP contribution in [0.2, 0.25) is 0 Å². The van der Waals surface area contributed by atoms with Gasteiger partial charge in [-0.15, -0.1) is 22.7 Å². The van der Waals surface area contributed by atoms with Crippen LogP contribution in [0.4, 0.5) is 5.69 Å². The fourth-order valence-corrected chi connectivity index (χ4v) is 4.38. The number of nitrogens with zero attached hydrogens (tertiary/aromatic N) is 3. The van der Waals surface area contributed by atoms with E-state index in [1.807, 2.05) is 45.6 Å². The average molecular weight is 372 g/mol. The zero-order chi connectivity index (χ0) is 18.0. The molecule has 0 aliphatic carbocycles. The predicted molar refractivity (Wildman–Crippen MR) is 107 cm³/mol. The molecule has 1 amide bonds. The Balaban J connectivity index is 1.74. The fourth-order valence-electron chi connectivity index (χ4n) is 2.52. The maximum atomic E-state index is 12.8. The largest absolute Gasteiger partial charge is 0.378 e. The number of rotatable bonds is 5. The lowest BCUT2D eigenvalue weighted by molar-refractivity contribution is 0.0789. The summed E-state index contributed by atoms with van der Waals surface area (Å²) < 4.78 is 0. The molecule has 0 N–H and O–H groups in total. The molecular weight excluding hydrogens is 350 g/mol. The number of carbonyl (C=O) groups is 1. The molecule has 0 spiro atoms. The molecule has 130 valence electrons. The Labute approximate surface area is 156 Å². The Kier molecular flexibility index (Phi) is 5.20. The van der Waals surface area contributed by atoms with Gasteiger partial charge in [-0.05, 0) is 36.1 Å². The molecule has 0 fully saturated rings. The Morgan fingerprint density at radius 1 is 1.12 bits per heavy atom. The molecule has 2 heterocycles. The van der Waals surface area contributed by atoms with Crippen LogP contribution in [0.1, 0.15) is 20.9 Å². The molecule has 0 atom stereocenters. The monoisotopic (exact) mass is 371 g/mol. The smallest absolute Gasteiger partial charge is 0.265 e. The van der Waals surface area contributed by atoms with Gasteiger partial charge in [-0.25, -0.2) is 4.98 Å². The van der Waals surface area contributed by atoms with Crippen LogP contribution in [-0.2, 0) is 6.54 Å². The van der Waals surface area contributed by atoms with E-state index >= 15 is 0 Å². The summed E-state index contributed by atoms with van der Waals surface area (Å²) in [6.45, 7) is 2.48. The van der Waals surface area contributed by atoms with Crippen molar-refractivity contribution in [1.29, 1.82) is 0 Å². The summed E-state index contributed by atoms with van der Waals surface area (Å²) in [6, 6.07) is 12.3. The summed E-state index contributed by atoms with van der Waals surface area (Å²) in [6.07, 6.45) is 0. The van der Waals surface area contributed by atoms with E-state index in [0.29, 0.717) is 6.54 Å². The second kappa shape index (κ2) is 7.37. The van der Waals surface area contributed by atoms with Crippen molar-refractivity contribution < 1.29 is 4.79 Å². The molecule has 0 aliphatic heterocycles. The highest BCUT2D eigenvalue weighted by Gasteiger charge is 2.20. The summed E-state index contributed by atoms with van der Waals surface area (Å²) in [4.78, 5) is 23.0. The van der Waals surface area contributed by atoms with Crippen molar-refractivity contribution in [1.82, 2.24) is 9.88 Å². The van der Waals surface area contributed by atoms with Crippen molar-refractivity contribution in [2.24, 2.45) is 0 Å². The average Bonchev–Trinajstić information content (AvgIpc) is 3.24.